The van der Waals surface area contributed by atoms with Gasteiger partial charge in [-0.05, 0) is 25.2 Å². The molecular weight excluding hydrogens is 178 g/mol. The van der Waals surface area contributed by atoms with Crippen LogP contribution in [0.5, 0.6) is 0 Å². The summed E-state index contributed by atoms with van der Waals surface area (Å²) in [5.41, 5.74) is 5.80. The molecule has 0 amide bonds. The minimum absolute atomic E-state index is 0.136. The van der Waals surface area contributed by atoms with Gasteiger partial charge in [-0.25, -0.2) is 0 Å². The molecule has 0 radical (unpaired) electrons. The van der Waals surface area contributed by atoms with E-state index in [1.807, 2.05) is 0 Å². The maximum Gasteiger partial charge on any atom is 0.0984 e. The highest BCUT2D eigenvalue weighted by atomic mass is 16.5. The molecule has 3 unspecified atom stereocenters. The Balaban J connectivity index is 1.65. The van der Waals surface area contributed by atoms with Crippen molar-refractivity contribution in [2.75, 3.05) is 13.7 Å². The number of hydrogen-bond donors (Lipinski definition) is 1. The van der Waals surface area contributed by atoms with Crippen molar-refractivity contribution in [1.29, 1.82) is 0 Å². The van der Waals surface area contributed by atoms with Crippen LogP contribution in [0.1, 0.15) is 32.1 Å². The lowest BCUT2D eigenvalue weighted by atomic mass is 9.86. The number of hydrogen-bond acceptors (Lipinski definition) is 3. The van der Waals surface area contributed by atoms with Crippen molar-refractivity contribution in [3.63, 3.8) is 0 Å². The minimum atomic E-state index is 0.136. The van der Waals surface area contributed by atoms with Gasteiger partial charge in [0.2, 0.25) is 0 Å². The summed E-state index contributed by atoms with van der Waals surface area (Å²) in [6.45, 7) is 0.914. The van der Waals surface area contributed by atoms with Gasteiger partial charge in [-0.3, -0.25) is 0 Å². The van der Waals surface area contributed by atoms with Crippen LogP contribution in [0, 0.1) is 5.92 Å². The van der Waals surface area contributed by atoms with Crippen LogP contribution in [-0.4, -0.2) is 32.0 Å². The molecule has 2 N–H and O–H groups in total. The normalized spacial score (nSPS) is 38.6. The average Bonchev–Trinajstić information content (AvgIpc) is 2.65. The standard InChI is InChI=1S/C11H21NO2/c1-13-11-9(12)6-10(11)14-7-8-4-2-3-5-8/h8-11H,2-7,12H2,1H3. The van der Waals surface area contributed by atoms with Crippen LogP contribution in [0.25, 0.3) is 0 Å². The fourth-order valence-electron chi connectivity index (χ4n) is 2.54. The highest BCUT2D eigenvalue weighted by molar-refractivity contribution is 4.95. The predicted octanol–water partition coefficient (Wildman–Crippen LogP) is 1.31. The van der Waals surface area contributed by atoms with E-state index in [1.54, 1.807) is 7.11 Å². The lowest BCUT2D eigenvalue weighted by molar-refractivity contribution is -0.131. The summed E-state index contributed by atoms with van der Waals surface area (Å²) in [7, 11) is 1.72. The van der Waals surface area contributed by atoms with Crippen LogP contribution in [0.2, 0.25) is 0 Å². The Hall–Kier alpha value is -0.120. The molecule has 0 heterocycles. The van der Waals surface area contributed by atoms with Crippen LogP contribution >= 0.6 is 0 Å². The van der Waals surface area contributed by atoms with Gasteiger partial charge in [0, 0.05) is 19.8 Å². The first-order valence-electron chi connectivity index (χ1n) is 5.71. The van der Waals surface area contributed by atoms with E-state index in [-0.39, 0.29) is 18.2 Å². The molecule has 0 spiro atoms. The molecule has 0 aromatic heterocycles. The lowest BCUT2D eigenvalue weighted by Gasteiger charge is -2.41. The summed E-state index contributed by atoms with van der Waals surface area (Å²) < 4.78 is 11.1. The van der Waals surface area contributed by atoms with Crippen LogP contribution in [0.15, 0.2) is 0 Å². The summed E-state index contributed by atoms with van der Waals surface area (Å²) >= 11 is 0. The Morgan fingerprint density at radius 3 is 2.57 bits per heavy atom. The Kier molecular flexibility index (Phi) is 3.42. The number of methoxy groups -OCH3 is 1. The topological polar surface area (TPSA) is 44.5 Å². The molecule has 2 aliphatic carbocycles. The second-order valence-corrected chi connectivity index (χ2v) is 4.62. The van der Waals surface area contributed by atoms with Gasteiger partial charge < -0.3 is 15.2 Å². The number of rotatable bonds is 4. The van der Waals surface area contributed by atoms with Crippen molar-refractivity contribution in [2.24, 2.45) is 11.7 Å². The molecule has 0 aliphatic heterocycles. The molecule has 2 rings (SSSR count). The van der Waals surface area contributed by atoms with E-state index in [4.69, 9.17) is 15.2 Å². The minimum Gasteiger partial charge on any atom is -0.377 e. The summed E-state index contributed by atoms with van der Waals surface area (Å²) in [5.74, 6) is 0.796. The van der Waals surface area contributed by atoms with Gasteiger partial charge in [0.15, 0.2) is 0 Å². The quantitative estimate of drug-likeness (QED) is 0.742. The highest BCUT2D eigenvalue weighted by Crippen LogP contribution is 2.29. The number of ether oxygens (including phenoxy) is 2. The molecule has 0 bridgehead atoms. The average molecular weight is 199 g/mol. The van der Waals surface area contributed by atoms with E-state index in [0.717, 1.165) is 18.9 Å². The summed E-state index contributed by atoms with van der Waals surface area (Å²) in [5, 5.41) is 0. The smallest absolute Gasteiger partial charge is 0.0984 e. The molecule has 3 nitrogen and oxygen atoms in total. The molecule has 82 valence electrons. The van der Waals surface area contributed by atoms with Gasteiger partial charge in [-0.1, -0.05) is 12.8 Å². The molecule has 0 aromatic carbocycles. The van der Waals surface area contributed by atoms with Crippen molar-refractivity contribution in [1.82, 2.24) is 0 Å². The Morgan fingerprint density at radius 2 is 2.00 bits per heavy atom. The van der Waals surface area contributed by atoms with E-state index in [1.165, 1.54) is 25.7 Å². The summed E-state index contributed by atoms with van der Waals surface area (Å²) in [4.78, 5) is 0. The van der Waals surface area contributed by atoms with Crippen molar-refractivity contribution in [3.8, 4) is 0 Å². The van der Waals surface area contributed by atoms with Crippen molar-refractivity contribution in [2.45, 2.75) is 50.4 Å². The largest absolute Gasteiger partial charge is 0.377 e. The molecule has 2 aliphatic rings. The van der Waals surface area contributed by atoms with E-state index in [0.29, 0.717) is 0 Å². The third kappa shape index (κ3) is 2.10. The lowest BCUT2D eigenvalue weighted by Crippen LogP contribution is -2.58. The van der Waals surface area contributed by atoms with E-state index in [9.17, 15) is 0 Å². The molecule has 2 fully saturated rings. The zero-order valence-electron chi connectivity index (χ0n) is 8.95. The van der Waals surface area contributed by atoms with E-state index >= 15 is 0 Å². The van der Waals surface area contributed by atoms with Crippen LogP contribution in [0.3, 0.4) is 0 Å². The molecule has 0 aromatic rings. The van der Waals surface area contributed by atoms with E-state index in [2.05, 4.69) is 0 Å². The van der Waals surface area contributed by atoms with Crippen LogP contribution in [0.4, 0.5) is 0 Å². The van der Waals surface area contributed by atoms with Gasteiger partial charge in [-0.15, -0.1) is 0 Å². The summed E-state index contributed by atoms with van der Waals surface area (Å²) in [6, 6.07) is 0.188. The Morgan fingerprint density at radius 1 is 1.29 bits per heavy atom. The van der Waals surface area contributed by atoms with Gasteiger partial charge in [0.1, 0.15) is 0 Å². The molecular formula is C11H21NO2. The second-order valence-electron chi connectivity index (χ2n) is 4.62. The molecule has 3 atom stereocenters. The number of nitrogens with two attached hydrogens (primary N) is 1. The zero-order valence-corrected chi connectivity index (χ0v) is 8.95. The first-order chi connectivity index (χ1) is 6.81. The van der Waals surface area contributed by atoms with Crippen LogP contribution < -0.4 is 5.73 Å². The van der Waals surface area contributed by atoms with Crippen LogP contribution in [-0.2, 0) is 9.47 Å². The maximum absolute atomic E-state index is 5.83. The predicted molar refractivity (Wildman–Crippen MR) is 55.1 cm³/mol. The van der Waals surface area contributed by atoms with Gasteiger partial charge >= 0.3 is 0 Å². The molecule has 2 saturated carbocycles. The monoisotopic (exact) mass is 199 g/mol. The molecule has 0 saturated heterocycles. The third-order valence-electron chi connectivity index (χ3n) is 3.59. The van der Waals surface area contributed by atoms with Gasteiger partial charge in [-0.2, -0.15) is 0 Å². The molecule has 14 heavy (non-hydrogen) atoms. The van der Waals surface area contributed by atoms with E-state index < -0.39 is 0 Å². The SMILES string of the molecule is COC1C(N)CC1OCC1CCCC1. The first-order valence-corrected chi connectivity index (χ1v) is 5.71. The fourth-order valence-corrected chi connectivity index (χ4v) is 2.54. The van der Waals surface area contributed by atoms with Gasteiger partial charge in [0.25, 0.3) is 0 Å². The Bertz CT molecular complexity index is 180. The first kappa shape index (κ1) is 10.4. The fraction of sp³-hybridized carbons (Fsp3) is 1.00. The molecule has 3 heteroatoms. The van der Waals surface area contributed by atoms with Crippen molar-refractivity contribution in [3.05, 3.63) is 0 Å². The highest BCUT2D eigenvalue weighted by Gasteiger charge is 2.40. The summed E-state index contributed by atoms with van der Waals surface area (Å²) in [6.07, 6.45) is 6.81. The second kappa shape index (κ2) is 4.60. The van der Waals surface area contributed by atoms with Crippen molar-refractivity contribution < 1.29 is 9.47 Å². The van der Waals surface area contributed by atoms with Crippen molar-refractivity contribution >= 4 is 0 Å². The third-order valence-corrected chi connectivity index (χ3v) is 3.59. The van der Waals surface area contributed by atoms with Gasteiger partial charge in [0.05, 0.1) is 12.2 Å². The Labute approximate surface area is 85.9 Å². The maximum atomic E-state index is 5.83. The zero-order chi connectivity index (χ0) is 9.97.